The lowest BCUT2D eigenvalue weighted by Crippen LogP contribution is -2.14. The first kappa shape index (κ1) is 17.9. The van der Waals surface area contributed by atoms with E-state index in [2.05, 4.69) is 5.32 Å². The lowest BCUT2D eigenvalue weighted by molar-refractivity contribution is 0.0663. The fourth-order valence-corrected chi connectivity index (χ4v) is 2.55. The Morgan fingerprint density at radius 3 is 2.46 bits per heavy atom. The molecule has 0 aliphatic heterocycles. The van der Waals surface area contributed by atoms with Gasteiger partial charge >= 0.3 is 5.97 Å². The van der Waals surface area contributed by atoms with Crippen LogP contribution in [0.3, 0.4) is 0 Å². The fourth-order valence-electron chi connectivity index (χ4n) is 2.25. The quantitative estimate of drug-likeness (QED) is 0.692. The van der Waals surface area contributed by atoms with Gasteiger partial charge in [0.15, 0.2) is 11.0 Å². The van der Waals surface area contributed by atoms with Crippen molar-refractivity contribution in [2.45, 2.75) is 0 Å². The van der Waals surface area contributed by atoms with Crippen molar-refractivity contribution < 1.29 is 23.5 Å². The molecule has 0 spiro atoms. The van der Waals surface area contributed by atoms with Gasteiger partial charge < -0.3 is 14.8 Å². The van der Waals surface area contributed by atoms with Crippen LogP contribution in [0.15, 0.2) is 45.6 Å². The molecule has 0 unspecified atom stereocenters. The molecule has 0 fully saturated rings. The molecular formula is C17H8Cl2FNO5. The highest BCUT2D eigenvalue weighted by molar-refractivity contribution is 6.42. The van der Waals surface area contributed by atoms with Crippen molar-refractivity contribution in [1.82, 2.24) is 0 Å². The summed E-state index contributed by atoms with van der Waals surface area (Å²) < 4.78 is 19.0. The van der Waals surface area contributed by atoms with Gasteiger partial charge in [-0.15, -0.1) is 0 Å². The van der Waals surface area contributed by atoms with Crippen LogP contribution in [0.1, 0.15) is 20.9 Å². The van der Waals surface area contributed by atoms with Crippen LogP contribution >= 0.6 is 23.2 Å². The lowest BCUT2D eigenvalue weighted by Gasteiger charge is -2.09. The van der Waals surface area contributed by atoms with E-state index < -0.39 is 28.9 Å². The summed E-state index contributed by atoms with van der Waals surface area (Å²) in [6, 6.07) is 6.64. The van der Waals surface area contributed by atoms with Crippen LogP contribution in [0.4, 0.5) is 10.1 Å². The molecular weight excluding hydrogens is 388 g/mol. The molecule has 1 aromatic heterocycles. The van der Waals surface area contributed by atoms with Gasteiger partial charge in [0.1, 0.15) is 5.82 Å². The molecule has 132 valence electrons. The molecule has 2 aromatic carbocycles. The Bertz CT molecular complexity index is 1130. The van der Waals surface area contributed by atoms with Gasteiger partial charge in [-0.3, -0.25) is 9.59 Å². The molecule has 0 bridgehead atoms. The molecule has 6 nitrogen and oxygen atoms in total. The van der Waals surface area contributed by atoms with Gasteiger partial charge in [-0.1, -0.05) is 23.2 Å². The standard InChI is InChI=1S/C17H8Cl2FNO5/c18-10-2-1-7(3-11(10)19)16(23)21-12-5-8(20)4-9-13(22)6-14(17(24)25)26-15(9)12/h1-6H,(H,21,23)(H,24,25). The lowest BCUT2D eigenvalue weighted by atomic mass is 10.1. The minimum Gasteiger partial charge on any atom is -0.475 e. The number of carboxylic acids is 1. The molecule has 9 heteroatoms. The van der Waals surface area contributed by atoms with E-state index in [0.717, 1.165) is 18.2 Å². The summed E-state index contributed by atoms with van der Waals surface area (Å²) in [6.45, 7) is 0. The first-order chi connectivity index (χ1) is 12.3. The van der Waals surface area contributed by atoms with E-state index in [-0.39, 0.29) is 32.3 Å². The zero-order chi connectivity index (χ0) is 19.0. The summed E-state index contributed by atoms with van der Waals surface area (Å²) in [5, 5.41) is 11.6. The van der Waals surface area contributed by atoms with E-state index in [1.807, 2.05) is 0 Å². The van der Waals surface area contributed by atoms with Gasteiger partial charge in [0.25, 0.3) is 5.91 Å². The van der Waals surface area contributed by atoms with Crippen LogP contribution in [0, 0.1) is 5.82 Å². The Morgan fingerprint density at radius 1 is 1.08 bits per heavy atom. The normalized spacial score (nSPS) is 10.7. The second kappa shape index (κ2) is 6.78. The highest BCUT2D eigenvalue weighted by atomic mass is 35.5. The maximum atomic E-state index is 13.8. The molecule has 1 amide bonds. The number of amides is 1. The maximum Gasteiger partial charge on any atom is 0.371 e. The number of carbonyl (C=O) groups excluding carboxylic acids is 1. The number of halogens is 3. The highest BCUT2D eigenvalue weighted by Crippen LogP contribution is 2.26. The van der Waals surface area contributed by atoms with E-state index >= 15 is 0 Å². The third-order valence-electron chi connectivity index (χ3n) is 3.43. The number of rotatable bonds is 3. The molecule has 0 aliphatic carbocycles. The minimum atomic E-state index is -1.48. The number of fused-ring (bicyclic) bond motifs is 1. The van der Waals surface area contributed by atoms with Crippen LogP contribution in [0.5, 0.6) is 0 Å². The van der Waals surface area contributed by atoms with Crippen molar-refractivity contribution >= 4 is 51.7 Å². The smallest absolute Gasteiger partial charge is 0.371 e. The average molecular weight is 396 g/mol. The van der Waals surface area contributed by atoms with Crippen LogP contribution in [-0.4, -0.2) is 17.0 Å². The molecule has 0 atom stereocenters. The van der Waals surface area contributed by atoms with E-state index in [1.165, 1.54) is 18.2 Å². The predicted octanol–water partition coefficient (Wildman–Crippen LogP) is 4.19. The number of benzene rings is 2. The topological polar surface area (TPSA) is 96.6 Å². The van der Waals surface area contributed by atoms with Crippen molar-refractivity contribution in [1.29, 1.82) is 0 Å². The highest BCUT2D eigenvalue weighted by Gasteiger charge is 2.17. The van der Waals surface area contributed by atoms with E-state index in [9.17, 15) is 18.8 Å². The Hall–Kier alpha value is -2.90. The zero-order valence-corrected chi connectivity index (χ0v) is 14.2. The molecule has 1 heterocycles. The Morgan fingerprint density at radius 2 is 1.81 bits per heavy atom. The number of hydrogen-bond donors (Lipinski definition) is 2. The summed E-state index contributed by atoms with van der Waals surface area (Å²) in [5.41, 5.74) is -1.09. The van der Waals surface area contributed by atoms with E-state index in [4.69, 9.17) is 32.7 Å². The van der Waals surface area contributed by atoms with E-state index in [1.54, 1.807) is 0 Å². The van der Waals surface area contributed by atoms with Crippen molar-refractivity contribution in [3.8, 4) is 0 Å². The average Bonchev–Trinajstić information content (AvgIpc) is 2.57. The number of nitrogens with one attached hydrogen (secondary N) is 1. The molecule has 2 N–H and O–H groups in total. The van der Waals surface area contributed by atoms with Gasteiger partial charge in [-0.2, -0.15) is 0 Å². The summed E-state index contributed by atoms with van der Waals surface area (Å²) in [5.74, 6) is -3.61. The van der Waals surface area contributed by atoms with Gasteiger partial charge in [-0.25, -0.2) is 9.18 Å². The molecule has 0 aliphatic rings. The third kappa shape index (κ3) is 3.40. The SMILES string of the molecule is O=C(Nc1cc(F)cc2c(=O)cc(C(=O)O)oc12)c1ccc(Cl)c(Cl)c1. The van der Waals surface area contributed by atoms with Crippen LogP contribution in [-0.2, 0) is 0 Å². The Kier molecular flexibility index (Phi) is 4.67. The zero-order valence-electron chi connectivity index (χ0n) is 12.7. The summed E-state index contributed by atoms with van der Waals surface area (Å²) in [4.78, 5) is 35.4. The molecule has 0 radical (unpaired) electrons. The number of aromatic carboxylic acids is 1. The molecule has 0 saturated heterocycles. The molecule has 3 aromatic rings. The first-order valence-electron chi connectivity index (χ1n) is 7.03. The van der Waals surface area contributed by atoms with E-state index in [0.29, 0.717) is 0 Å². The largest absolute Gasteiger partial charge is 0.475 e. The third-order valence-corrected chi connectivity index (χ3v) is 4.17. The van der Waals surface area contributed by atoms with Crippen LogP contribution in [0.2, 0.25) is 10.0 Å². The van der Waals surface area contributed by atoms with Crippen molar-refractivity contribution in [2.24, 2.45) is 0 Å². The van der Waals surface area contributed by atoms with Gasteiger partial charge in [0, 0.05) is 17.7 Å². The Labute approximate surface area is 154 Å². The Balaban J connectivity index is 2.11. The summed E-state index contributed by atoms with van der Waals surface area (Å²) in [7, 11) is 0. The predicted molar refractivity (Wildman–Crippen MR) is 93.8 cm³/mol. The fraction of sp³-hybridized carbons (Fsp3) is 0. The first-order valence-corrected chi connectivity index (χ1v) is 7.79. The monoisotopic (exact) mass is 395 g/mol. The van der Waals surface area contributed by atoms with Gasteiger partial charge in [0.2, 0.25) is 5.76 Å². The maximum absolute atomic E-state index is 13.8. The van der Waals surface area contributed by atoms with Crippen molar-refractivity contribution in [3.63, 3.8) is 0 Å². The summed E-state index contributed by atoms with van der Waals surface area (Å²) in [6.07, 6.45) is 0. The number of hydrogen-bond acceptors (Lipinski definition) is 4. The number of anilines is 1. The van der Waals surface area contributed by atoms with Crippen molar-refractivity contribution in [3.05, 3.63) is 73.8 Å². The molecule has 0 saturated carbocycles. The second-order valence-electron chi connectivity index (χ2n) is 5.19. The van der Waals surface area contributed by atoms with Crippen LogP contribution < -0.4 is 10.7 Å². The van der Waals surface area contributed by atoms with Crippen LogP contribution in [0.25, 0.3) is 11.0 Å². The molecule has 3 rings (SSSR count). The minimum absolute atomic E-state index is 0.119. The number of carbonyl (C=O) groups is 2. The van der Waals surface area contributed by atoms with Gasteiger partial charge in [0.05, 0.1) is 21.1 Å². The van der Waals surface area contributed by atoms with Crippen molar-refractivity contribution in [2.75, 3.05) is 5.32 Å². The molecule has 26 heavy (non-hydrogen) atoms. The summed E-state index contributed by atoms with van der Waals surface area (Å²) >= 11 is 11.7. The number of carboxylic acid groups (broad SMARTS) is 1. The second-order valence-corrected chi connectivity index (χ2v) is 6.01. The van der Waals surface area contributed by atoms with Gasteiger partial charge in [-0.05, 0) is 24.3 Å².